The van der Waals surface area contributed by atoms with Crippen LogP contribution in [0, 0.1) is 0 Å². The minimum atomic E-state index is -0.960. The van der Waals surface area contributed by atoms with Gasteiger partial charge < -0.3 is 14.7 Å². The van der Waals surface area contributed by atoms with Crippen LogP contribution in [0.3, 0.4) is 0 Å². The van der Waals surface area contributed by atoms with Crippen molar-refractivity contribution < 1.29 is 14.6 Å². The zero-order chi connectivity index (χ0) is 15.4. The fourth-order valence-corrected chi connectivity index (χ4v) is 3.84. The summed E-state index contributed by atoms with van der Waals surface area (Å²) in [6, 6.07) is 0. The summed E-state index contributed by atoms with van der Waals surface area (Å²) >= 11 is 1.43. The average molecular weight is 309 g/mol. The number of morpholine rings is 1. The van der Waals surface area contributed by atoms with Gasteiger partial charge >= 0.3 is 5.97 Å². The predicted molar refractivity (Wildman–Crippen MR) is 81.5 cm³/mol. The van der Waals surface area contributed by atoms with Gasteiger partial charge in [0.1, 0.15) is 0 Å². The Balaban J connectivity index is 2.09. The molecular formula is C14H19N3O3S. The molecule has 114 valence electrons. The molecule has 1 N–H and O–H groups in total. The van der Waals surface area contributed by atoms with Gasteiger partial charge in [-0.2, -0.15) is 0 Å². The fraction of sp³-hybridized carbons (Fsp3) is 0.571. The second kappa shape index (κ2) is 4.45. The van der Waals surface area contributed by atoms with Gasteiger partial charge in [-0.3, -0.25) is 4.40 Å². The molecule has 2 aromatic heterocycles. The quantitative estimate of drug-likeness (QED) is 0.923. The molecule has 0 saturated carbocycles. The van der Waals surface area contributed by atoms with Crippen LogP contribution in [-0.4, -0.2) is 44.8 Å². The number of carboxylic acids is 1. The molecule has 1 aliphatic rings. The van der Waals surface area contributed by atoms with Gasteiger partial charge in [-0.15, -0.1) is 11.3 Å². The minimum Gasteiger partial charge on any atom is -0.476 e. The van der Waals surface area contributed by atoms with E-state index in [-0.39, 0.29) is 16.9 Å². The van der Waals surface area contributed by atoms with Gasteiger partial charge in [-0.1, -0.05) is 0 Å². The molecule has 21 heavy (non-hydrogen) atoms. The number of rotatable bonds is 2. The molecule has 1 aliphatic heterocycles. The topological polar surface area (TPSA) is 67.1 Å². The highest BCUT2D eigenvalue weighted by Crippen LogP contribution is 2.33. The lowest BCUT2D eigenvalue weighted by atomic mass is 9.99. The van der Waals surface area contributed by atoms with E-state index in [1.165, 1.54) is 11.3 Å². The molecule has 0 atom stereocenters. The molecule has 0 aliphatic carbocycles. The van der Waals surface area contributed by atoms with Crippen LogP contribution in [0.4, 0.5) is 5.82 Å². The smallest absolute Gasteiger partial charge is 0.356 e. The molecule has 0 radical (unpaired) electrons. The van der Waals surface area contributed by atoms with Crippen molar-refractivity contribution in [1.82, 2.24) is 9.38 Å². The van der Waals surface area contributed by atoms with Gasteiger partial charge in [-0.05, 0) is 27.7 Å². The van der Waals surface area contributed by atoms with Crippen LogP contribution in [0.2, 0.25) is 0 Å². The van der Waals surface area contributed by atoms with Crippen LogP contribution in [0.5, 0.6) is 0 Å². The fourth-order valence-electron chi connectivity index (χ4n) is 3.13. The molecule has 0 spiro atoms. The van der Waals surface area contributed by atoms with Gasteiger partial charge in [0.2, 0.25) is 0 Å². The van der Waals surface area contributed by atoms with Crippen LogP contribution < -0.4 is 4.90 Å². The Kier molecular flexibility index (Phi) is 3.04. The minimum absolute atomic E-state index is 0.222. The summed E-state index contributed by atoms with van der Waals surface area (Å²) < 4.78 is 7.68. The standard InChI is InChI=1S/C14H19N3O3S/c1-13(2)7-16(8-14(3,4)20-13)10-9(11(18)19)17-5-6-21-12(17)15-10/h5-6H,7-8H2,1-4H3,(H,18,19). The highest BCUT2D eigenvalue weighted by molar-refractivity contribution is 7.15. The maximum atomic E-state index is 11.6. The van der Waals surface area contributed by atoms with E-state index in [1.807, 2.05) is 38.0 Å². The van der Waals surface area contributed by atoms with Crippen molar-refractivity contribution in [3.63, 3.8) is 0 Å². The molecular weight excluding hydrogens is 290 g/mol. The van der Waals surface area contributed by atoms with Crippen molar-refractivity contribution in [3.8, 4) is 0 Å². The van der Waals surface area contributed by atoms with Crippen LogP contribution in [0.1, 0.15) is 38.2 Å². The van der Waals surface area contributed by atoms with Crippen molar-refractivity contribution in [1.29, 1.82) is 0 Å². The normalized spacial score (nSPS) is 20.9. The average Bonchev–Trinajstić information content (AvgIpc) is 2.81. The van der Waals surface area contributed by atoms with Gasteiger partial charge in [0.05, 0.1) is 11.2 Å². The van der Waals surface area contributed by atoms with E-state index in [0.29, 0.717) is 23.9 Å². The second-order valence-corrected chi connectivity index (χ2v) is 7.50. The molecule has 6 nitrogen and oxygen atoms in total. The summed E-state index contributed by atoms with van der Waals surface area (Å²) in [4.78, 5) is 18.9. The van der Waals surface area contributed by atoms with E-state index >= 15 is 0 Å². The van der Waals surface area contributed by atoms with Crippen LogP contribution >= 0.6 is 11.3 Å². The first-order valence-electron chi connectivity index (χ1n) is 6.82. The molecule has 0 amide bonds. The van der Waals surface area contributed by atoms with E-state index < -0.39 is 5.97 Å². The Labute approximate surface area is 127 Å². The first kappa shape index (κ1) is 14.3. The molecule has 3 rings (SSSR count). The van der Waals surface area contributed by atoms with Crippen LogP contribution in [0.15, 0.2) is 11.6 Å². The van der Waals surface area contributed by atoms with Gasteiger partial charge in [-0.25, -0.2) is 9.78 Å². The first-order chi connectivity index (χ1) is 9.69. The molecule has 1 saturated heterocycles. The van der Waals surface area contributed by atoms with Crippen molar-refractivity contribution in [2.75, 3.05) is 18.0 Å². The number of fused-ring (bicyclic) bond motifs is 1. The molecule has 0 aromatic carbocycles. The van der Waals surface area contributed by atoms with Gasteiger partial charge in [0.25, 0.3) is 0 Å². The zero-order valence-electron chi connectivity index (χ0n) is 12.6. The Hall–Kier alpha value is -1.60. The van der Waals surface area contributed by atoms with Gasteiger partial charge in [0, 0.05) is 24.7 Å². The lowest BCUT2D eigenvalue weighted by Crippen LogP contribution is -2.57. The predicted octanol–water partition coefficient (Wildman–Crippen LogP) is 2.49. The summed E-state index contributed by atoms with van der Waals surface area (Å²) in [7, 11) is 0. The van der Waals surface area contributed by atoms with E-state index in [1.54, 1.807) is 10.6 Å². The number of carboxylic acid groups (broad SMARTS) is 1. The van der Waals surface area contributed by atoms with E-state index in [9.17, 15) is 9.90 Å². The molecule has 2 aromatic rings. The van der Waals surface area contributed by atoms with Crippen LogP contribution in [0.25, 0.3) is 4.96 Å². The molecule has 7 heteroatoms. The number of anilines is 1. The number of aromatic nitrogens is 2. The van der Waals surface area contributed by atoms with E-state index in [4.69, 9.17) is 4.74 Å². The monoisotopic (exact) mass is 309 g/mol. The lowest BCUT2D eigenvalue weighted by Gasteiger charge is -2.47. The number of hydrogen-bond donors (Lipinski definition) is 1. The first-order valence-corrected chi connectivity index (χ1v) is 7.70. The number of thiazole rings is 1. The number of carbonyl (C=O) groups is 1. The third-order valence-electron chi connectivity index (χ3n) is 3.44. The number of nitrogens with zero attached hydrogens (tertiary/aromatic N) is 3. The van der Waals surface area contributed by atoms with E-state index in [2.05, 4.69) is 4.98 Å². The number of imidazole rings is 1. The Bertz CT molecular complexity index is 685. The maximum Gasteiger partial charge on any atom is 0.356 e. The van der Waals surface area contributed by atoms with Crippen molar-refractivity contribution >= 4 is 28.1 Å². The second-order valence-electron chi connectivity index (χ2n) is 6.62. The highest BCUT2D eigenvalue weighted by Gasteiger charge is 2.40. The zero-order valence-corrected chi connectivity index (χ0v) is 13.4. The van der Waals surface area contributed by atoms with Crippen molar-refractivity contribution in [2.24, 2.45) is 0 Å². The van der Waals surface area contributed by atoms with Gasteiger partial charge in [0.15, 0.2) is 16.5 Å². The Morgan fingerprint density at radius 2 is 1.95 bits per heavy atom. The highest BCUT2D eigenvalue weighted by atomic mass is 32.1. The summed E-state index contributed by atoms with van der Waals surface area (Å²) in [5, 5.41) is 11.4. The summed E-state index contributed by atoms with van der Waals surface area (Å²) in [6.07, 6.45) is 1.75. The molecule has 0 unspecified atom stereocenters. The van der Waals surface area contributed by atoms with Crippen LogP contribution in [-0.2, 0) is 4.74 Å². The Morgan fingerprint density at radius 3 is 2.52 bits per heavy atom. The van der Waals surface area contributed by atoms with Crippen molar-refractivity contribution in [2.45, 2.75) is 38.9 Å². The van der Waals surface area contributed by atoms with E-state index in [0.717, 1.165) is 0 Å². The largest absolute Gasteiger partial charge is 0.476 e. The summed E-state index contributed by atoms with van der Waals surface area (Å²) in [5.41, 5.74) is -0.483. The molecule has 3 heterocycles. The third kappa shape index (κ3) is 2.51. The maximum absolute atomic E-state index is 11.6. The SMILES string of the molecule is CC1(C)CN(c2nc3sccn3c2C(=O)O)CC(C)(C)O1. The number of hydrogen-bond acceptors (Lipinski definition) is 5. The number of ether oxygens (including phenoxy) is 1. The molecule has 1 fully saturated rings. The third-order valence-corrected chi connectivity index (χ3v) is 4.20. The number of aromatic carboxylic acids is 1. The lowest BCUT2D eigenvalue weighted by molar-refractivity contribution is -0.133. The van der Waals surface area contributed by atoms with Crippen molar-refractivity contribution in [3.05, 3.63) is 17.3 Å². The molecule has 0 bridgehead atoms. The Morgan fingerprint density at radius 1 is 1.33 bits per heavy atom. The summed E-state index contributed by atoms with van der Waals surface area (Å²) in [5.74, 6) is -0.434. The summed E-state index contributed by atoms with van der Waals surface area (Å²) in [6.45, 7) is 9.28.